The zero-order valence-electron chi connectivity index (χ0n) is 8.01. The summed E-state index contributed by atoms with van der Waals surface area (Å²) in [6, 6.07) is 11.9. The summed E-state index contributed by atoms with van der Waals surface area (Å²) in [7, 11) is 0. The van der Waals surface area contributed by atoms with Crippen molar-refractivity contribution in [1.29, 1.82) is 0 Å². The molecule has 2 heterocycles. The molecule has 1 aliphatic rings. The van der Waals surface area contributed by atoms with Crippen molar-refractivity contribution in [3.8, 4) is 0 Å². The lowest BCUT2D eigenvalue weighted by atomic mass is 10.0. The number of aromatic nitrogens is 1. The van der Waals surface area contributed by atoms with Crippen molar-refractivity contribution in [2.24, 2.45) is 4.99 Å². The van der Waals surface area contributed by atoms with Gasteiger partial charge in [-0.1, -0.05) is 24.3 Å². The van der Waals surface area contributed by atoms with E-state index in [2.05, 4.69) is 16.4 Å². The van der Waals surface area contributed by atoms with Crippen LogP contribution in [-0.4, -0.2) is 11.2 Å². The van der Waals surface area contributed by atoms with Gasteiger partial charge in [0, 0.05) is 12.4 Å². The first-order valence-electron chi connectivity index (χ1n) is 4.78. The molecule has 1 aromatic carbocycles. The zero-order valence-corrected chi connectivity index (χ0v) is 8.01. The number of hydrogen-bond donors (Lipinski definition) is 0. The standard InChI is InChI=1S/C13H8N2/c1-2-5-11-9-15-12-6-3-7-14-13(12)8-10(11)4-1/h1-7,9H. The Labute approximate surface area is 88.3 Å². The van der Waals surface area contributed by atoms with Crippen LogP contribution in [0.4, 0.5) is 5.69 Å². The Kier molecular flexibility index (Phi) is 1.85. The molecule has 3 rings (SSSR count). The van der Waals surface area contributed by atoms with Gasteiger partial charge in [-0.25, -0.2) is 0 Å². The quantitative estimate of drug-likeness (QED) is 0.537. The van der Waals surface area contributed by atoms with Crippen LogP contribution in [0.25, 0.3) is 0 Å². The molecule has 2 heteroatoms. The largest absolute Gasteiger partial charge is 0.258 e. The lowest BCUT2D eigenvalue weighted by molar-refractivity contribution is 1.21. The Morgan fingerprint density at radius 1 is 1.00 bits per heavy atom. The van der Waals surface area contributed by atoms with Crippen molar-refractivity contribution in [3.63, 3.8) is 0 Å². The molecule has 0 amide bonds. The smallest absolute Gasteiger partial charge is 0.0855 e. The van der Waals surface area contributed by atoms with E-state index in [1.54, 1.807) is 6.20 Å². The number of nitrogens with zero attached hydrogens (tertiary/aromatic N) is 2. The van der Waals surface area contributed by atoms with Gasteiger partial charge in [0.1, 0.15) is 0 Å². The van der Waals surface area contributed by atoms with Crippen LogP contribution in [0.5, 0.6) is 0 Å². The number of rotatable bonds is 0. The fourth-order valence-corrected chi connectivity index (χ4v) is 1.59. The minimum atomic E-state index is 0.804. The normalized spacial score (nSPS) is 12.8. The molecule has 0 bridgehead atoms. The second kappa shape index (κ2) is 3.31. The van der Waals surface area contributed by atoms with Gasteiger partial charge in [-0.2, -0.15) is 0 Å². The Morgan fingerprint density at radius 3 is 2.93 bits per heavy atom. The van der Waals surface area contributed by atoms with E-state index in [4.69, 9.17) is 0 Å². The SMILES string of the molecule is [C]1c2ccccc2C=Nc2cccnc21. The number of hydrogen-bond acceptors (Lipinski definition) is 2. The summed E-state index contributed by atoms with van der Waals surface area (Å²) in [6.07, 6.45) is 6.88. The third kappa shape index (κ3) is 1.44. The number of fused-ring (bicyclic) bond motifs is 2. The topological polar surface area (TPSA) is 25.2 Å². The molecule has 0 spiro atoms. The summed E-state index contributed by atoms with van der Waals surface area (Å²) in [5.41, 5.74) is 3.79. The predicted octanol–water partition coefficient (Wildman–Crippen LogP) is 2.62. The van der Waals surface area contributed by atoms with Crippen molar-refractivity contribution in [2.75, 3.05) is 0 Å². The third-order valence-corrected chi connectivity index (χ3v) is 2.34. The number of pyridine rings is 1. The zero-order chi connectivity index (χ0) is 10.1. The lowest BCUT2D eigenvalue weighted by Crippen LogP contribution is -1.90. The summed E-state index contributed by atoms with van der Waals surface area (Å²) in [5.74, 6) is 0. The van der Waals surface area contributed by atoms with Gasteiger partial charge >= 0.3 is 0 Å². The van der Waals surface area contributed by atoms with Gasteiger partial charge in [0.25, 0.3) is 0 Å². The molecule has 0 N–H and O–H groups in total. The highest BCUT2D eigenvalue weighted by Gasteiger charge is 2.10. The van der Waals surface area contributed by atoms with Crippen LogP contribution in [-0.2, 0) is 0 Å². The molecule has 0 aliphatic carbocycles. The van der Waals surface area contributed by atoms with Crippen LogP contribution in [0.1, 0.15) is 16.8 Å². The van der Waals surface area contributed by atoms with E-state index in [1.165, 1.54) is 0 Å². The number of benzene rings is 1. The van der Waals surface area contributed by atoms with Crippen molar-refractivity contribution in [3.05, 3.63) is 65.8 Å². The maximum absolute atomic E-state index is 4.38. The van der Waals surface area contributed by atoms with Crippen molar-refractivity contribution in [1.82, 2.24) is 4.98 Å². The van der Waals surface area contributed by atoms with Gasteiger partial charge in [-0.3, -0.25) is 9.98 Å². The van der Waals surface area contributed by atoms with Crippen LogP contribution in [0.3, 0.4) is 0 Å². The maximum atomic E-state index is 4.38. The van der Waals surface area contributed by atoms with Gasteiger partial charge in [-0.05, 0) is 23.3 Å². The van der Waals surface area contributed by atoms with E-state index in [0.29, 0.717) is 0 Å². The van der Waals surface area contributed by atoms with Crippen molar-refractivity contribution in [2.45, 2.75) is 0 Å². The molecular weight excluding hydrogens is 184 g/mol. The first-order valence-corrected chi connectivity index (χ1v) is 4.78. The van der Waals surface area contributed by atoms with Gasteiger partial charge in [0.15, 0.2) is 0 Å². The number of aliphatic imine (C=N–C) groups is 1. The van der Waals surface area contributed by atoms with Gasteiger partial charge in [0.05, 0.1) is 17.8 Å². The molecule has 0 fully saturated rings. The summed E-state index contributed by atoms with van der Waals surface area (Å²) in [4.78, 5) is 8.63. The molecule has 0 saturated heterocycles. The molecule has 0 saturated carbocycles. The van der Waals surface area contributed by atoms with E-state index >= 15 is 0 Å². The average molecular weight is 192 g/mol. The molecule has 0 atom stereocenters. The van der Waals surface area contributed by atoms with Crippen molar-refractivity contribution < 1.29 is 0 Å². The Bertz CT molecular complexity index is 482. The predicted molar refractivity (Wildman–Crippen MR) is 59.4 cm³/mol. The minimum Gasteiger partial charge on any atom is -0.258 e. The first-order chi connectivity index (χ1) is 7.43. The highest BCUT2D eigenvalue weighted by molar-refractivity contribution is 5.87. The second-order valence-electron chi connectivity index (χ2n) is 3.34. The molecule has 0 unspecified atom stereocenters. The molecule has 2 nitrogen and oxygen atoms in total. The van der Waals surface area contributed by atoms with Crippen LogP contribution in [0, 0.1) is 6.42 Å². The third-order valence-electron chi connectivity index (χ3n) is 2.34. The van der Waals surface area contributed by atoms with E-state index in [1.807, 2.05) is 42.6 Å². The summed E-state index contributed by atoms with van der Waals surface area (Å²) in [5, 5.41) is 0. The molecule has 2 aromatic rings. The molecular formula is C13H8N2. The Hall–Kier alpha value is -1.96. The van der Waals surface area contributed by atoms with E-state index in [-0.39, 0.29) is 0 Å². The maximum Gasteiger partial charge on any atom is 0.0855 e. The van der Waals surface area contributed by atoms with Crippen molar-refractivity contribution >= 4 is 11.9 Å². The highest BCUT2D eigenvalue weighted by Crippen LogP contribution is 2.25. The van der Waals surface area contributed by atoms with Crippen LogP contribution in [0.2, 0.25) is 0 Å². The van der Waals surface area contributed by atoms with Gasteiger partial charge in [0.2, 0.25) is 0 Å². The van der Waals surface area contributed by atoms with E-state index in [9.17, 15) is 0 Å². The molecule has 2 radical (unpaired) electrons. The Balaban J connectivity index is 2.19. The summed E-state index contributed by atoms with van der Waals surface area (Å²) >= 11 is 0. The van der Waals surface area contributed by atoms with Crippen LogP contribution in [0.15, 0.2) is 47.6 Å². The molecule has 15 heavy (non-hydrogen) atoms. The molecule has 70 valence electrons. The lowest BCUT2D eigenvalue weighted by Gasteiger charge is -2.01. The monoisotopic (exact) mass is 192 g/mol. The fraction of sp³-hybridized carbons (Fsp3) is 0. The van der Waals surface area contributed by atoms with E-state index < -0.39 is 0 Å². The molecule has 1 aromatic heterocycles. The van der Waals surface area contributed by atoms with E-state index in [0.717, 1.165) is 22.5 Å². The van der Waals surface area contributed by atoms with Gasteiger partial charge < -0.3 is 0 Å². The average Bonchev–Trinajstić information content (AvgIpc) is 2.48. The summed E-state index contributed by atoms with van der Waals surface area (Å²) in [6.45, 7) is 0. The highest BCUT2D eigenvalue weighted by atomic mass is 14.8. The first kappa shape index (κ1) is 8.36. The second-order valence-corrected chi connectivity index (χ2v) is 3.34. The van der Waals surface area contributed by atoms with Crippen LogP contribution < -0.4 is 0 Å². The van der Waals surface area contributed by atoms with Crippen LogP contribution >= 0.6 is 0 Å². The minimum absolute atomic E-state index is 0.804. The molecule has 1 aliphatic heterocycles. The Morgan fingerprint density at radius 2 is 1.93 bits per heavy atom. The fourth-order valence-electron chi connectivity index (χ4n) is 1.59. The van der Waals surface area contributed by atoms with Gasteiger partial charge in [-0.15, -0.1) is 0 Å². The summed E-state index contributed by atoms with van der Waals surface area (Å²) < 4.78 is 0.